The van der Waals surface area contributed by atoms with Gasteiger partial charge in [0.2, 0.25) is 11.8 Å². The minimum absolute atomic E-state index is 0.297. The van der Waals surface area contributed by atoms with Gasteiger partial charge in [0, 0.05) is 37.6 Å². The van der Waals surface area contributed by atoms with Gasteiger partial charge in [-0.1, -0.05) is 50.2 Å². The van der Waals surface area contributed by atoms with Crippen molar-refractivity contribution in [3.05, 3.63) is 60.2 Å². The van der Waals surface area contributed by atoms with E-state index in [0.717, 1.165) is 36.3 Å². The number of barbiturate groups is 1. The fourth-order valence-corrected chi connectivity index (χ4v) is 5.74. The van der Waals surface area contributed by atoms with Crippen LogP contribution >= 0.6 is 0 Å². The predicted octanol–water partition coefficient (Wildman–Crippen LogP) is 3.44. The van der Waals surface area contributed by atoms with Gasteiger partial charge in [0.1, 0.15) is 0 Å². The Morgan fingerprint density at radius 3 is 2.50 bits per heavy atom. The minimum atomic E-state index is -1.34. The number of nitrogens with one attached hydrogen (secondary N) is 1. The number of hydrogen-bond donors (Lipinski definition) is 1. The first-order valence-electron chi connectivity index (χ1n) is 12.2. The van der Waals surface area contributed by atoms with Crippen LogP contribution in [0, 0.1) is 11.3 Å². The number of anilines is 2. The molecule has 1 N–H and O–H groups in total. The average Bonchev–Trinajstić information content (AvgIpc) is 2.84. The van der Waals surface area contributed by atoms with Crippen molar-refractivity contribution in [3.8, 4) is 0 Å². The van der Waals surface area contributed by atoms with Gasteiger partial charge in [0.15, 0.2) is 5.41 Å². The zero-order valence-electron chi connectivity index (χ0n) is 19.9. The highest BCUT2D eigenvalue weighted by Crippen LogP contribution is 2.46. The lowest BCUT2D eigenvalue weighted by Crippen LogP contribution is -2.75. The summed E-state index contributed by atoms with van der Waals surface area (Å²) in [5.74, 6) is -0.347. The second kappa shape index (κ2) is 8.78. The molecular weight excluding hydrogens is 428 g/mol. The van der Waals surface area contributed by atoms with Crippen LogP contribution in [0.15, 0.2) is 54.6 Å². The molecule has 7 nitrogen and oxygen atoms in total. The Hall–Kier alpha value is -3.35. The van der Waals surface area contributed by atoms with E-state index in [2.05, 4.69) is 47.2 Å². The van der Waals surface area contributed by atoms with Crippen LogP contribution in [0.4, 0.5) is 16.2 Å². The normalized spacial score (nSPS) is 24.4. The van der Waals surface area contributed by atoms with Crippen LogP contribution in [-0.2, 0) is 16.0 Å². The first-order valence-corrected chi connectivity index (χ1v) is 12.2. The van der Waals surface area contributed by atoms with Gasteiger partial charge in [-0.15, -0.1) is 0 Å². The zero-order valence-corrected chi connectivity index (χ0v) is 19.9. The van der Waals surface area contributed by atoms with E-state index in [1.54, 1.807) is 0 Å². The average molecular weight is 461 g/mol. The molecule has 1 spiro atoms. The molecule has 0 unspecified atom stereocenters. The van der Waals surface area contributed by atoms with Gasteiger partial charge in [-0.25, -0.2) is 4.79 Å². The van der Waals surface area contributed by atoms with Gasteiger partial charge in [-0.2, -0.15) is 0 Å². The summed E-state index contributed by atoms with van der Waals surface area (Å²) in [6.07, 6.45) is 1.94. The topological polar surface area (TPSA) is 73.0 Å². The summed E-state index contributed by atoms with van der Waals surface area (Å²) in [6, 6.07) is 17.2. The van der Waals surface area contributed by atoms with Crippen molar-refractivity contribution in [2.75, 3.05) is 36.0 Å². The molecule has 0 aromatic heterocycles. The van der Waals surface area contributed by atoms with Crippen molar-refractivity contribution >= 4 is 29.2 Å². The fraction of sp³-hybridized carbons (Fsp3) is 0.444. The Bertz CT molecular complexity index is 1100. The second-order valence-electron chi connectivity index (χ2n) is 10.0. The molecule has 3 aliphatic heterocycles. The van der Waals surface area contributed by atoms with Gasteiger partial charge in [0.25, 0.3) is 0 Å². The number of hydrogen-bond acceptors (Lipinski definition) is 5. The van der Waals surface area contributed by atoms with E-state index in [4.69, 9.17) is 0 Å². The number of benzene rings is 2. The number of carbonyl (C=O) groups excluding carboxylic acids is 3. The summed E-state index contributed by atoms with van der Waals surface area (Å²) in [5, 5.41) is 2.56. The largest absolute Gasteiger partial charge is 0.368 e. The Kier molecular flexibility index (Phi) is 5.80. The van der Waals surface area contributed by atoms with E-state index >= 15 is 0 Å². The first kappa shape index (κ1) is 22.4. The molecule has 5 rings (SSSR count). The number of rotatable bonds is 5. The summed E-state index contributed by atoms with van der Waals surface area (Å²) in [6.45, 7) is 6.59. The molecule has 0 aliphatic carbocycles. The highest BCUT2D eigenvalue weighted by molar-refractivity contribution is 6.20. The van der Waals surface area contributed by atoms with Gasteiger partial charge < -0.3 is 9.80 Å². The molecule has 2 aromatic carbocycles. The molecule has 4 amide bonds. The number of para-hydroxylation sites is 2. The fourth-order valence-electron chi connectivity index (χ4n) is 5.74. The molecule has 7 heteroatoms. The highest BCUT2D eigenvalue weighted by Gasteiger charge is 2.62. The summed E-state index contributed by atoms with van der Waals surface area (Å²) in [7, 11) is 0. The third-order valence-corrected chi connectivity index (χ3v) is 7.50. The van der Waals surface area contributed by atoms with Crippen molar-refractivity contribution in [1.82, 2.24) is 10.2 Å². The number of urea groups is 1. The van der Waals surface area contributed by atoms with Crippen LogP contribution < -0.4 is 15.1 Å². The summed E-state index contributed by atoms with van der Waals surface area (Å²) in [4.78, 5) is 46.2. The van der Waals surface area contributed by atoms with Gasteiger partial charge >= 0.3 is 6.03 Å². The monoisotopic (exact) mass is 460 g/mol. The van der Waals surface area contributed by atoms with Crippen molar-refractivity contribution in [2.24, 2.45) is 11.3 Å². The van der Waals surface area contributed by atoms with E-state index in [1.807, 2.05) is 36.4 Å². The number of piperazine rings is 1. The van der Waals surface area contributed by atoms with Gasteiger partial charge in [0.05, 0.1) is 6.04 Å². The second-order valence-corrected chi connectivity index (χ2v) is 10.0. The minimum Gasteiger partial charge on any atom is -0.368 e. The molecule has 2 saturated heterocycles. The van der Waals surface area contributed by atoms with Crippen LogP contribution in [0.2, 0.25) is 0 Å². The number of carbonyl (C=O) groups is 3. The molecule has 2 atom stereocenters. The van der Waals surface area contributed by atoms with Crippen LogP contribution in [-0.4, -0.2) is 55.0 Å². The Balaban J connectivity index is 1.55. The van der Waals surface area contributed by atoms with E-state index in [9.17, 15) is 14.4 Å². The van der Waals surface area contributed by atoms with Crippen LogP contribution in [0.5, 0.6) is 0 Å². The van der Waals surface area contributed by atoms with Crippen LogP contribution in [0.25, 0.3) is 0 Å². The lowest BCUT2D eigenvalue weighted by atomic mass is 9.67. The Labute approximate surface area is 200 Å². The van der Waals surface area contributed by atoms with Crippen molar-refractivity contribution in [2.45, 2.75) is 39.2 Å². The molecule has 0 bridgehead atoms. The number of imide groups is 2. The lowest BCUT2D eigenvalue weighted by molar-refractivity contribution is -0.153. The molecule has 34 heavy (non-hydrogen) atoms. The third-order valence-electron chi connectivity index (χ3n) is 7.50. The maximum atomic E-state index is 14.1. The smallest absolute Gasteiger partial charge is 0.330 e. The van der Waals surface area contributed by atoms with Crippen molar-refractivity contribution < 1.29 is 14.4 Å². The Morgan fingerprint density at radius 1 is 1.00 bits per heavy atom. The van der Waals surface area contributed by atoms with Crippen molar-refractivity contribution in [3.63, 3.8) is 0 Å². The number of nitrogens with zero attached hydrogens (tertiary/aromatic N) is 3. The molecule has 3 aliphatic rings. The van der Waals surface area contributed by atoms with Gasteiger partial charge in [-0.05, 0) is 48.9 Å². The molecule has 0 radical (unpaired) electrons. The SMILES string of the molecule is CC(C)CCCN1C(=O)NC(=O)[C@]2(Cc3ccccc3N3CCN(c4ccccc4)C[C@H]32)C1=O. The maximum absolute atomic E-state index is 14.1. The standard InChI is InChI=1S/C27H32N4O3/c1-19(2)9-8-14-31-25(33)27(24(32)28-26(31)34)17-20-10-6-7-13-22(20)30-16-15-29(18-23(27)30)21-11-4-3-5-12-21/h3-7,10-13,19,23H,8-9,14-18H2,1-2H3,(H,28,32,34)/t23-,27+/m0/s1. The predicted molar refractivity (Wildman–Crippen MR) is 132 cm³/mol. The molecule has 178 valence electrons. The molecule has 3 heterocycles. The van der Waals surface area contributed by atoms with E-state index in [0.29, 0.717) is 32.0 Å². The number of fused-ring (bicyclic) bond motifs is 4. The van der Waals surface area contributed by atoms with Crippen LogP contribution in [0.1, 0.15) is 32.3 Å². The maximum Gasteiger partial charge on any atom is 0.330 e. The highest BCUT2D eigenvalue weighted by atomic mass is 16.2. The van der Waals surface area contributed by atoms with E-state index in [1.165, 1.54) is 4.90 Å². The van der Waals surface area contributed by atoms with E-state index in [-0.39, 0.29) is 11.9 Å². The first-order chi connectivity index (χ1) is 16.4. The summed E-state index contributed by atoms with van der Waals surface area (Å²) in [5.41, 5.74) is 1.79. The van der Waals surface area contributed by atoms with Crippen LogP contribution in [0.3, 0.4) is 0 Å². The molecular formula is C27H32N4O3. The van der Waals surface area contributed by atoms with E-state index < -0.39 is 17.4 Å². The molecule has 0 saturated carbocycles. The number of amides is 4. The lowest BCUT2D eigenvalue weighted by Gasteiger charge is -2.55. The zero-order chi connectivity index (χ0) is 23.9. The van der Waals surface area contributed by atoms with Gasteiger partial charge in [-0.3, -0.25) is 19.8 Å². The van der Waals surface area contributed by atoms with Crippen molar-refractivity contribution in [1.29, 1.82) is 0 Å². The summed E-state index contributed by atoms with van der Waals surface area (Å²) >= 11 is 0. The Morgan fingerprint density at radius 2 is 1.74 bits per heavy atom. The molecule has 2 aromatic rings. The quantitative estimate of drug-likeness (QED) is 0.692. The molecule has 2 fully saturated rings. The summed E-state index contributed by atoms with van der Waals surface area (Å²) < 4.78 is 0. The third kappa shape index (κ3) is 3.63.